The van der Waals surface area contributed by atoms with Crippen LogP contribution in [-0.4, -0.2) is 65.0 Å². The van der Waals surface area contributed by atoms with Gasteiger partial charge in [-0.3, -0.25) is 9.59 Å². The summed E-state index contributed by atoms with van der Waals surface area (Å²) in [5, 5.41) is 5.88. The minimum Gasteiger partial charge on any atom is -0.495 e. The van der Waals surface area contributed by atoms with Crippen LogP contribution >= 0.6 is 11.6 Å². The minimum atomic E-state index is -3.04. The number of halogens is 1. The summed E-state index contributed by atoms with van der Waals surface area (Å²) in [5.74, 6) is -0.00482. The van der Waals surface area contributed by atoms with Gasteiger partial charge in [0.1, 0.15) is 5.75 Å². The van der Waals surface area contributed by atoms with Crippen molar-refractivity contribution in [3.63, 3.8) is 0 Å². The maximum atomic E-state index is 12.2. The van der Waals surface area contributed by atoms with Crippen molar-refractivity contribution in [3.05, 3.63) is 23.2 Å². The molecule has 0 spiro atoms. The number of nitrogens with one attached hydrogen (secondary N) is 3. The molecule has 2 atom stereocenters. The largest absolute Gasteiger partial charge is 0.495 e. The SMILES string of the molecule is COc1ccc(Cl)cc1NC(=O)C[NH+](C)CC(=O)N[C@H]1CCS(=O)(=O)C1. The van der Waals surface area contributed by atoms with Gasteiger partial charge in [-0.05, 0) is 24.6 Å². The van der Waals surface area contributed by atoms with Crippen LogP contribution < -0.4 is 20.3 Å². The Bertz CT molecular complexity index is 784. The lowest BCUT2D eigenvalue weighted by molar-refractivity contribution is -0.862. The molecule has 1 aliphatic rings. The molecule has 26 heavy (non-hydrogen) atoms. The second-order valence-corrected chi connectivity index (χ2v) is 9.04. The molecule has 1 aliphatic heterocycles. The third-order valence-electron chi connectivity index (χ3n) is 3.96. The monoisotopic (exact) mass is 404 g/mol. The van der Waals surface area contributed by atoms with Crippen molar-refractivity contribution in [2.24, 2.45) is 0 Å². The van der Waals surface area contributed by atoms with E-state index in [1.54, 1.807) is 25.2 Å². The van der Waals surface area contributed by atoms with Crippen molar-refractivity contribution >= 4 is 38.9 Å². The van der Waals surface area contributed by atoms with Gasteiger partial charge in [-0.25, -0.2) is 8.42 Å². The van der Waals surface area contributed by atoms with Gasteiger partial charge < -0.3 is 20.3 Å². The van der Waals surface area contributed by atoms with Crippen LogP contribution in [0.15, 0.2) is 18.2 Å². The first-order valence-electron chi connectivity index (χ1n) is 8.13. The van der Waals surface area contributed by atoms with E-state index in [1.807, 2.05) is 0 Å². The zero-order valence-corrected chi connectivity index (χ0v) is 16.2. The maximum Gasteiger partial charge on any atom is 0.279 e. The molecule has 3 N–H and O–H groups in total. The molecule has 144 valence electrons. The Kier molecular flexibility index (Phi) is 6.85. The molecule has 8 nitrogen and oxygen atoms in total. The molecular weight excluding hydrogens is 382 g/mol. The second kappa shape index (κ2) is 8.70. The van der Waals surface area contributed by atoms with Crippen LogP contribution in [0.1, 0.15) is 6.42 Å². The van der Waals surface area contributed by atoms with Gasteiger partial charge in [0.2, 0.25) is 0 Å². The van der Waals surface area contributed by atoms with Crippen LogP contribution in [0.5, 0.6) is 5.75 Å². The van der Waals surface area contributed by atoms with E-state index in [4.69, 9.17) is 16.3 Å². The smallest absolute Gasteiger partial charge is 0.279 e. The lowest BCUT2D eigenvalue weighted by Gasteiger charge is -2.16. The highest BCUT2D eigenvalue weighted by atomic mass is 35.5. The fourth-order valence-electron chi connectivity index (χ4n) is 2.77. The summed E-state index contributed by atoms with van der Waals surface area (Å²) in [5.41, 5.74) is 0.457. The fourth-order valence-corrected chi connectivity index (χ4v) is 4.62. The Hall–Kier alpha value is -1.84. The van der Waals surface area contributed by atoms with Crippen molar-refractivity contribution in [1.82, 2.24) is 5.32 Å². The van der Waals surface area contributed by atoms with Gasteiger partial charge in [0, 0.05) is 11.1 Å². The molecule has 10 heteroatoms. The lowest BCUT2D eigenvalue weighted by Crippen LogP contribution is -3.11. The van der Waals surface area contributed by atoms with Crippen LogP contribution in [0.2, 0.25) is 5.02 Å². The highest BCUT2D eigenvalue weighted by Gasteiger charge is 2.29. The number of rotatable bonds is 7. The van der Waals surface area contributed by atoms with Crippen molar-refractivity contribution in [2.75, 3.05) is 44.1 Å². The van der Waals surface area contributed by atoms with Crippen LogP contribution in [0.4, 0.5) is 5.69 Å². The van der Waals surface area contributed by atoms with E-state index < -0.39 is 9.84 Å². The standard InChI is InChI=1S/C16H22ClN3O5S/c1-20(8-15(21)18-12-5-6-26(23,24)10-12)9-16(22)19-13-7-11(17)3-4-14(13)25-2/h3-4,7,12H,5-6,8-10H2,1-2H3,(H,18,21)(H,19,22)/p+1/t12-/m0/s1. The molecule has 1 unspecified atom stereocenters. The number of sulfone groups is 1. The number of methoxy groups -OCH3 is 1. The highest BCUT2D eigenvalue weighted by molar-refractivity contribution is 7.91. The number of quaternary nitrogens is 1. The molecular formula is C16H23ClN3O5S+. The molecule has 1 saturated heterocycles. The van der Waals surface area contributed by atoms with Gasteiger partial charge in [-0.2, -0.15) is 0 Å². The number of ether oxygens (including phenoxy) is 1. The maximum absolute atomic E-state index is 12.2. The molecule has 0 saturated carbocycles. The van der Waals surface area contributed by atoms with Gasteiger partial charge in [0.15, 0.2) is 22.9 Å². The van der Waals surface area contributed by atoms with Gasteiger partial charge in [0.05, 0.1) is 31.4 Å². The summed E-state index contributed by atoms with van der Waals surface area (Å²) in [7, 11) is 0.156. The molecule has 2 amide bonds. The molecule has 1 aromatic rings. The molecule has 0 radical (unpaired) electrons. The van der Waals surface area contributed by atoms with Gasteiger partial charge >= 0.3 is 0 Å². The van der Waals surface area contributed by atoms with E-state index in [-0.39, 0.29) is 42.5 Å². The van der Waals surface area contributed by atoms with Crippen molar-refractivity contribution in [1.29, 1.82) is 0 Å². The average molecular weight is 405 g/mol. The number of hydrogen-bond acceptors (Lipinski definition) is 5. The Balaban J connectivity index is 1.82. The summed E-state index contributed by atoms with van der Waals surface area (Å²) in [4.78, 5) is 24.8. The molecule has 2 rings (SSSR count). The summed E-state index contributed by atoms with van der Waals surface area (Å²) in [6.07, 6.45) is 0.433. The van der Waals surface area contributed by atoms with E-state index >= 15 is 0 Å². The molecule has 1 aromatic carbocycles. The van der Waals surface area contributed by atoms with Crippen molar-refractivity contribution in [2.45, 2.75) is 12.5 Å². The fraction of sp³-hybridized carbons (Fsp3) is 0.500. The zero-order chi connectivity index (χ0) is 19.3. The zero-order valence-electron chi connectivity index (χ0n) is 14.7. The summed E-state index contributed by atoms with van der Waals surface area (Å²) >= 11 is 5.93. The third kappa shape index (κ3) is 6.15. The Morgan fingerprint density at radius 1 is 1.31 bits per heavy atom. The van der Waals surface area contributed by atoms with Crippen LogP contribution in [0.3, 0.4) is 0 Å². The summed E-state index contributed by atoms with van der Waals surface area (Å²) in [6.45, 7) is 0.128. The van der Waals surface area contributed by atoms with Gasteiger partial charge in [-0.1, -0.05) is 11.6 Å². The first kappa shape index (κ1) is 20.5. The predicted molar refractivity (Wildman–Crippen MR) is 98.5 cm³/mol. The van der Waals surface area contributed by atoms with Gasteiger partial charge in [-0.15, -0.1) is 0 Å². The Labute approximate surface area is 157 Å². The second-order valence-electron chi connectivity index (χ2n) is 6.37. The minimum absolute atomic E-state index is 0.0210. The van der Waals surface area contributed by atoms with Crippen LogP contribution in [0.25, 0.3) is 0 Å². The van der Waals surface area contributed by atoms with Crippen LogP contribution in [0, 0.1) is 0 Å². The number of likely N-dealkylation sites (N-methyl/N-ethyl adjacent to an activating group) is 1. The first-order valence-corrected chi connectivity index (χ1v) is 10.3. The number of carbonyl (C=O) groups is 2. The van der Waals surface area contributed by atoms with E-state index in [1.165, 1.54) is 7.11 Å². The molecule has 0 bridgehead atoms. The average Bonchev–Trinajstić information content (AvgIpc) is 2.85. The van der Waals surface area contributed by atoms with E-state index in [9.17, 15) is 18.0 Å². The number of anilines is 1. The number of benzene rings is 1. The first-order chi connectivity index (χ1) is 12.2. The third-order valence-corrected chi connectivity index (χ3v) is 5.96. The van der Waals surface area contributed by atoms with Crippen molar-refractivity contribution < 1.29 is 27.6 Å². The molecule has 1 fully saturated rings. The summed E-state index contributed by atoms with van der Waals surface area (Å²) < 4.78 is 28.0. The topological polar surface area (TPSA) is 106 Å². The normalized spacial score (nSPS) is 19.6. The molecule has 1 heterocycles. The van der Waals surface area contributed by atoms with E-state index in [0.717, 1.165) is 0 Å². The molecule has 0 aliphatic carbocycles. The molecule has 0 aromatic heterocycles. The lowest BCUT2D eigenvalue weighted by atomic mass is 10.2. The van der Waals surface area contributed by atoms with E-state index in [2.05, 4.69) is 10.6 Å². The van der Waals surface area contributed by atoms with Gasteiger partial charge in [0.25, 0.3) is 11.8 Å². The highest BCUT2D eigenvalue weighted by Crippen LogP contribution is 2.27. The summed E-state index contributed by atoms with van der Waals surface area (Å²) in [6, 6.07) is 4.55. The van der Waals surface area contributed by atoms with Crippen molar-refractivity contribution in [3.8, 4) is 5.75 Å². The number of carbonyl (C=O) groups excluding carboxylic acids is 2. The number of hydrogen-bond donors (Lipinski definition) is 3. The predicted octanol–water partition coefficient (Wildman–Crippen LogP) is -0.895. The Morgan fingerprint density at radius 2 is 2.00 bits per heavy atom. The quantitative estimate of drug-likeness (QED) is 0.546. The number of amides is 2. The van der Waals surface area contributed by atoms with E-state index in [0.29, 0.717) is 27.8 Å². The Morgan fingerprint density at radius 3 is 2.62 bits per heavy atom. The van der Waals surface area contributed by atoms with Crippen LogP contribution in [-0.2, 0) is 19.4 Å².